The van der Waals surface area contributed by atoms with Crippen LogP contribution in [-0.2, 0) is 8.53 Å². The summed E-state index contributed by atoms with van der Waals surface area (Å²) in [5, 5.41) is 14.5. The number of nitrogens with one attached hydrogen (secondary N) is 2. The second-order valence-electron chi connectivity index (χ2n) is 8.54. The summed E-state index contributed by atoms with van der Waals surface area (Å²) in [5.41, 5.74) is 10.1. The van der Waals surface area contributed by atoms with E-state index in [4.69, 9.17) is 18.3 Å². The number of para-hydroxylation sites is 2. The Morgan fingerprint density at radius 2 is 1.60 bits per heavy atom. The van der Waals surface area contributed by atoms with E-state index in [-0.39, 0.29) is 17.5 Å². The summed E-state index contributed by atoms with van der Waals surface area (Å²) >= 11 is -5.09. The Morgan fingerprint density at radius 1 is 0.900 bits per heavy atom. The molecule has 11 nitrogen and oxygen atoms in total. The van der Waals surface area contributed by atoms with Crippen molar-refractivity contribution in [3.05, 3.63) is 96.6 Å². The second-order valence-corrected chi connectivity index (χ2v) is 11.8. The van der Waals surface area contributed by atoms with Gasteiger partial charge in [-0.1, -0.05) is 30.3 Å². The van der Waals surface area contributed by atoms with Crippen LogP contribution in [0.25, 0.3) is 22.6 Å². The predicted octanol–water partition coefficient (Wildman–Crippen LogP) is 3.24. The first-order valence-electron chi connectivity index (χ1n) is 11.8. The number of aromatic nitrogens is 1. The molecule has 0 spiro atoms. The number of benzene rings is 4. The monoisotopic (exact) mass is 604 g/mol. The Kier molecular flexibility index (Phi) is 8.40. The van der Waals surface area contributed by atoms with Crippen LogP contribution in [0.15, 0.2) is 95.4 Å². The number of nitrogens with zero attached hydrogens (tertiary/aromatic N) is 1. The molecule has 0 fully saturated rings. The Balaban J connectivity index is 0.000000212. The van der Waals surface area contributed by atoms with Crippen LogP contribution in [0.5, 0.6) is 5.75 Å². The first-order chi connectivity index (χ1) is 19.0. The average molecular weight is 604 g/mol. The van der Waals surface area contributed by atoms with Crippen molar-refractivity contribution in [3.8, 4) is 17.2 Å². The van der Waals surface area contributed by atoms with Gasteiger partial charge in [-0.05, 0) is 42.5 Å². The molecule has 0 radical (unpaired) electrons. The van der Waals surface area contributed by atoms with E-state index < -0.39 is 24.3 Å². The van der Waals surface area contributed by atoms with Crippen LogP contribution in [0.1, 0.15) is 17.3 Å². The number of carbonyl (C=O) groups is 2. The van der Waals surface area contributed by atoms with Crippen LogP contribution in [-0.4, -0.2) is 44.3 Å². The van der Waals surface area contributed by atoms with Gasteiger partial charge in [0.2, 0.25) is 5.89 Å². The number of hydrogen-bond acceptors (Lipinski definition) is 7. The molecule has 7 N–H and O–H groups in total. The van der Waals surface area contributed by atoms with Crippen LogP contribution in [0, 0.1) is 0 Å². The molecular formula is C28H25AsN4O7. The van der Waals surface area contributed by atoms with Crippen molar-refractivity contribution in [2.24, 2.45) is 0 Å². The fraction of sp³-hybridized carbons (Fsp3) is 0.0357. The van der Waals surface area contributed by atoms with E-state index in [1.54, 1.807) is 24.3 Å². The summed E-state index contributed by atoms with van der Waals surface area (Å²) in [6.07, 6.45) is 0. The first kappa shape index (κ1) is 28.2. The number of phenols is 1. The maximum Gasteiger partial charge on any atom is 0.255 e. The first-order valence-corrected chi connectivity index (χ1v) is 15.2. The van der Waals surface area contributed by atoms with E-state index in [1.807, 2.05) is 48.5 Å². The van der Waals surface area contributed by atoms with E-state index in [1.165, 1.54) is 13.0 Å². The molecule has 204 valence electrons. The minimum Gasteiger partial charge on any atom is -0.436 e. The quantitative estimate of drug-likeness (QED) is 0.129. The summed E-state index contributed by atoms with van der Waals surface area (Å²) in [6, 6.07) is 25.3. The molecule has 0 bridgehead atoms. The molecule has 12 heteroatoms. The van der Waals surface area contributed by atoms with Crippen molar-refractivity contribution >= 4 is 58.5 Å². The minimum atomic E-state index is -5.09. The standard InChI is InChI=1S/C20H15N3O2.C8H10AsNO5/c21-15-11-10-14(20-23-16-8-4-5-9-18(16)25-20)12-17(15)22-19(24)13-6-2-1-3-7-13;1-5(11)10-6-2-3-7(8(12)4-6)9(13,14)15/h1-12H,21H2,(H,22,24);2-4,12H,1H3,(H,10,11)(H2,13,14,15). The molecule has 2 amide bonds. The molecule has 1 heterocycles. The molecule has 4 aromatic carbocycles. The van der Waals surface area contributed by atoms with Gasteiger partial charge in [-0.3, -0.25) is 4.79 Å². The Hall–Kier alpha value is -4.83. The summed E-state index contributed by atoms with van der Waals surface area (Å²) in [5.74, 6) is -0.587. The van der Waals surface area contributed by atoms with Gasteiger partial charge in [0.25, 0.3) is 5.91 Å². The molecular weight excluding hydrogens is 579 g/mol. The molecule has 0 aliphatic rings. The van der Waals surface area contributed by atoms with E-state index in [0.717, 1.165) is 23.2 Å². The minimum absolute atomic E-state index is 0.220. The number of phenolic OH excluding ortho intramolecular Hbond substituents is 1. The van der Waals surface area contributed by atoms with Crippen LogP contribution in [0.2, 0.25) is 0 Å². The summed E-state index contributed by atoms with van der Waals surface area (Å²) in [6.45, 7) is 1.29. The van der Waals surface area contributed by atoms with Gasteiger partial charge >= 0.3 is 88.1 Å². The number of nitrogen functional groups attached to an aromatic ring is 1. The number of anilines is 3. The molecule has 40 heavy (non-hydrogen) atoms. The Bertz CT molecular complexity index is 1700. The van der Waals surface area contributed by atoms with Crippen molar-refractivity contribution in [1.29, 1.82) is 0 Å². The van der Waals surface area contributed by atoms with E-state index in [0.29, 0.717) is 28.4 Å². The second kappa shape index (κ2) is 11.9. The number of oxazole rings is 1. The van der Waals surface area contributed by atoms with Crippen LogP contribution in [0.3, 0.4) is 0 Å². The number of hydrogen-bond donors (Lipinski definition) is 6. The van der Waals surface area contributed by atoms with Crippen LogP contribution in [0.4, 0.5) is 17.1 Å². The summed E-state index contributed by atoms with van der Waals surface area (Å²) in [7, 11) is 0. The third kappa shape index (κ3) is 6.97. The zero-order valence-electron chi connectivity index (χ0n) is 21.1. The third-order valence-corrected chi connectivity index (χ3v) is 7.60. The zero-order chi connectivity index (χ0) is 28.9. The molecule has 0 aliphatic heterocycles. The summed E-state index contributed by atoms with van der Waals surface area (Å²) in [4.78, 5) is 27.5. The fourth-order valence-electron chi connectivity index (χ4n) is 3.63. The topological polar surface area (TPSA) is 188 Å². The largest absolute Gasteiger partial charge is 0.436 e. The van der Waals surface area contributed by atoms with Crippen LogP contribution >= 0.6 is 0 Å². The van der Waals surface area contributed by atoms with Crippen LogP contribution < -0.4 is 20.7 Å². The number of aromatic hydroxyl groups is 1. The average Bonchev–Trinajstić information content (AvgIpc) is 3.34. The molecule has 5 aromatic rings. The van der Waals surface area contributed by atoms with E-state index in [9.17, 15) is 18.4 Å². The van der Waals surface area contributed by atoms with Gasteiger partial charge in [-0.25, -0.2) is 4.98 Å². The predicted molar refractivity (Wildman–Crippen MR) is 151 cm³/mol. The van der Waals surface area contributed by atoms with Gasteiger partial charge in [0, 0.05) is 11.1 Å². The van der Waals surface area contributed by atoms with E-state index >= 15 is 0 Å². The van der Waals surface area contributed by atoms with E-state index in [2.05, 4.69) is 15.6 Å². The van der Waals surface area contributed by atoms with Gasteiger partial charge in [-0.15, -0.1) is 0 Å². The number of nitrogens with two attached hydrogens (primary N) is 1. The third-order valence-electron chi connectivity index (χ3n) is 5.49. The number of fused-ring (bicyclic) bond motifs is 1. The Morgan fingerprint density at radius 3 is 2.25 bits per heavy atom. The van der Waals surface area contributed by atoms with Gasteiger partial charge in [0.15, 0.2) is 5.58 Å². The molecule has 0 unspecified atom stereocenters. The van der Waals surface area contributed by atoms with Gasteiger partial charge in [-0.2, -0.15) is 0 Å². The molecule has 5 rings (SSSR count). The van der Waals surface area contributed by atoms with Gasteiger partial charge in [0.05, 0.1) is 11.4 Å². The maximum absolute atomic E-state index is 12.3. The molecule has 1 aromatic heterocycles. The van der Waals surface area contributed by atoms with Gasteiger partial charge < -0.3 is 15.5 Å². The molecule has 0 aliphatic carbocycles. The van der Waals surface area contributed by atoms with Crippen molar-refractivity contribution in [3.63, 3.8) is 0 Å². The van der Waals surface area contributed by atoms with Crippen molar-refractivity contribution in [2.75, 3.05) is 16.4 Å². The van der Waals surface area contributed by atoms with Crippen molar-refractivity contribution in [2.45, 2.75) is 6.92 Å². The zero-order valence-corrected chi connectivity index (χ0v) is 23.0. The molecule has 0 atom stereocenters. The number of rotatable bonds is 5. The number of amides is 2. The smallest absolute Gasteiger partial charge is 0.255 e. The van der Waals surface area contributed by atoms with Crippen molar-refractivity contribution in [1.82, 2.24) is 4.98 Å². The fourth-order valence-corrected chi connectivity index (χ4v) is 4.95. The van der Waals surface area contributed by atoms with Crippen molar-refractivity contribution < 1.29 is 31.0 Å². The summed E-state index contributed by atoms with van der Waals surface area (Å²) < 4.78 is 34.0. The SMILES string of the molecule is CC(=O)Nc1ccc([As](=O)(O)O)c(O)c1.Nc1ccc(-c2nc3ccccc3o2)cc1NC(=O)c1ccccc1. The number of carbonyl (C=O) groups excluding carboxylic acids is 2. The normalized spacial score (nSPS) is 10.9. The molecule has 0 saturated carbocycles. The Labute approximate surface area is 231 Å². The van der Waals surface area contributed by atoms with Gasteiger partial charge in [0.1, 0.15) is 5.52 Å². The molecule has 0 saturated heterocycles. The maximum atomic E-state index is 12.3.